The molecule has 0 aromatic heterocycles. The number of carbonyl (C=O) groups excluding carboxylic acids is 1. The zero-order valence-electron chi connectivity index (χ0n) is 12.0. The number of rotatable bonds is 9. The highest BCUT2D eigenvalue weighted by molar-refractivity contribution is 7.80. The summed E-state index contributed by atoms with van der Waals surface area (Å²) in [5, 5.41) is 3.01. The molecular formula is C13H27N3OS. The third kappa shape index (κ3) is 8.42. The van der Waals surface area contributed by atoms with Crippen LogP contribution in [0.3, 0.4) is 0 Å². The van der Waals surface area contributed by atoms with Crippen LogP contribution in [0.5, 0.6) is 0 Å². The minimum absolute atomic E-state index is 0.0765. The van der Waals surface area contributed by atoms with Gasteiger partial charge in [0.15, 0.2) is 0 Å². The van der Waals surface area contributed by atoms with Crippen LogP contribution in [0.25, 0.3) is 0 Å². The van der Waals surface area contributed by atoms with Crippen LogP contribution in [0.4, 0.5) is 0 Å². The second-order valence-electron chi connectivity index (χ2n) is 5.04. The van der Waals surface area contributed by atoms with Gasteiger partial charge in [0.05, 0.1) is 11.5 Å². The average Bonchev–Trinajstić information content (AvgIpc) is 2.23. The Morgan fingerprint density at radius 3 is 2.44 bits per heavy atom. The van der Waals surface area contributed by atoms with Crippen molar-refractivity contribution >= 4 is 23.1 Å². The van der Waals surface area contributed by atoms with Gasteiger partial charge in [-0.2, -0.15) is 0 Å². The molecule has 5 heteroatoms. The fourth-order valence-electron chi connectivity index (χ4n) is 1.78. The summed E-state index contributed by atoms with van der Waals surface area (Å²) in [5.74, 6) is 0.0765. The number of carbonyl (C=O) groups is 1. The summed E-state index contributed by atoms with van der Waals surface area (Å²) in [4.78, 5) is 14.5. The lowest BCUT2D eigenvalue weighted by atomic mass is 10.2. The maximum absolute atomic E-state index is 11.9. The fourth-order valence-corrected chi connectivity index (χ4v) is 1.88. The van der Waals surface area contributed by atoms with Crippen LogP contribution in [0.2, 0.25) is 0 Å². The SMILES string of the molecule is CCCC(C)NC(=O)CN(CCC(N)=S)C(C)C. The van der Waals surface area contributed by atoms with Crippen molar-refractivity contribution in [1.29, 1.82) is 0 Å². The van der Waals surface area contributed by atoms with Crippen LogP contribution in [0, 0.1) is 0 Å². The van der Waals surface area contributed by atoms with Gasteiger partial charge in [0.1, 0.15) is 0 Å². The first-order valence-corrected chi connectivity index (χ1v) is 7.09. The third-order valence-corrected chi connectivity index (χ3v) is 3.06. The Labute approximate surface area is 116 Å². The molecule has 1 amide bonds. The van der Waals surface area contributed by atoms with Crippen molar-refractivity contribution in [3.8, 4) is 0 Å². The van der Waals surface area contributed by atoms with Crippen molar-refractivity contribution in [2.75, 3.05) is 13.1 Å². The predicted octanol–water partition coefficient (Wildman–Crippen LogP) is 1.68. The summed E-state index contributed by atoms with van der Waals surface area (Å²) in [5.41, 5.74) is 5.50. The smallest absolute Gasteiger partial charge is 0.234 e. The molecule has 1 unspecified atom stereocenters. The lowest BCUT2D eigenvalue weighted by Crippen LogP contribution is -2.44. The van der Waals surface area contributed by atoms with Crippen molar-refractivity contribution in [1.82, 2.24) is 10.2 Å². The molecule has 0 radical (unpaired) electrons. The maximum atomic E-state index is 11.9. The molecule has 0 saturated heterocycles. The molecule has 3 N–H and O–H groups in total. The highest BCUT2D eigenvalue weighted by Gasteiger charge is 2.15. The largest absolute Gasteiger partial charge is 0.393 e. The van der Waals surface area contributed by atoms with Gasteiger partial charge in [0.25, 0.3) is 0 Å². The molecule has 0 heterocycles. The summed E-state index contributed by atoms with van der Waals surface area (Å²) >= 11 is 4.87. The van der Waals surface area contributed by atoms with Gasteiger partial charge in [-0.3, -0.25) is 9.69 Å². The van der Waals surface area contributed by atoms with Gasteiger partial charge in [-0.05, 0) is 27.2 Å². The molecule has 106 valence electrons. The van der Waals surface area contributed by atoms with Gasteiger partial charge >= 0.3 is 0 Å². The van der Waals surface area contributed by atoms with E-state index in [2.05, 4.69) is 31.0 Å². The number of amides is 1. The molecular weight excluding hydrogens is 246 g/mol. The Balaban J connectivity index is 4.15. The summed E-state index contributed by atoms with van der Waals surface area (Å²) in [7, 11) is 0. The standard InChI is InChI=1S/C13H27N3OS/c1-5-6-11(4)15-13(17)9-16(10(2)3)8-7-12(14)18/h10-11H,5-9H2,1-4H3,(H2,14,18)(H,15,17). The Morgan fingerprint density at radius 2 is 2.00 bits per heavy atom. The molecule has 0 rings (SSSR count). The monoisotopic (exact) mass is 273 g/mol. The van der Waals surface area contributed by atoms with Crippen LogP contribution in [-0.4, -0.2) is 41.0 Å². The molecule has 4 nitrogen and oxygen atoms in total. The molecule has 0 aliphatic carbocycles. The van der Waals surface area contributed by atoms with Gasteiger partial charge in [-0.15, -0.1) is 0 Å². The van der Waals surface area contributed by atoms with Crippen LogP contribution >= 0.6 is 12.2 Å². The van der Waals surface area contributed by atoms with E-state index in [1.54, 1.807) is 0 Å². The molecule has 0 fully saturated rings. The Morgan fingerprint density at radius 1 is 1.39 bits per heavy atom. The molecule has 0 bridgehead atoms. The zero-order chi connectivity index (χ0) is 14.1. The normalized spacial score (nSPS) is 12.8. The van der Waals surface area contributed by atoms with E-state index in [1.807, 2.05) is 6.92 Å². The number of thiocarbonyl (C=S) groups is 1. The Hall–Kier alpha value is -0.680. The third-order valence-electron chi connectivity index (χ3n) is 2.85. The minimum atomic E-state index is 0.0765. The summed E-state index contributed by atoms with van der Waals surface area (Å²) < 4.78 is 0. The molecule has 0 aromatic rings. The second kappa shape index (κ2) is 9.28. The lowest BCUT2D eigenvalue weighted by molar-refractivity contribution is -0.123. The van der Waals surface area contributed by atoms with E-state index in [0.29, 0.717) is 24.0 Å². The molecule has 0 saturated carbocycles. The van der Waals surface area contributed by atoms with E-state index in [4.69, 9.17) is 18.0 Å². The first kappa shape index (κ1) is 17.3. The van der Waals surface area contributed by atoms with Crippen LogP contribution in [0.15, 0.2) is 0 Å². The number of nitrogens with one attached hydrogen (secondary N) is 1. The second-order valence-corrected chi connectivity index (χ2v) is 5.56. The van der Waals surface area contributed by atoms with Crippen molar-refractivity contribution in [3.63, 3.8) is 0 Å². The van der Waals surface area contributed by atoms with Gasteiger partial charge < -0.3 is 11.1 Å². The zero-order valence-corrected chi connectivity index (χ0v) is 12.8. The van der Waals surface area contributed by atoms with Gasteiger partial charge in [-0.25, -0.2) is 0 Å². The molecule has 0 aromatic carbocycles. The van der Waals surface area contributed by atoms with E-state index in [1.165, 1.54) is 0 Å². The summed E-state index contributed by atoms with van der Waals surface area (Å²) in [6.45, 7) is 9.45. The van der Waals surface area contributed by atoms with E-state index in [-0.39, 0.29) is 11.9 Å². The van der Waals surface area contributed by atoms with Crippen molar-refractivity contribution < 1.29 is 4.79 Å². The number of nitrogens with two attached hydrogens (primary N) is 1. The Kier molecular flexibility index (Phi) is 8.93. The topological polar surface area (TPSA) is 58.4 Å². The number of nitrogens with zero attached hydrogens (tertiary/aromatic N) is 1. The quantitative estimate of drug-likeness (QED) is 0.628. The van der Waals surface area contributed by atoms with Crippen LogP contribution in [0.1, 0.15) is 47.0 Å². The number of hydrogen-bond acceptors (Lipinski definition) is 3. The lowest BCUT2D eigenvalue weighted by Gasteiger charge is -2.26. The van der Waals surface area contributed by atoms with Gasteiger partial charge in [-0.1, -0.05) is 25.6 Å². The van der Waals surface area contributed by atoms with Crippen molar-refractivity contribution in [3.05, 3.63) is 0 Å². The van der Waals surface area contributed by atoms with Gasteiger partial charge in [0.2, 0.25) is 5.91 Å². The first-order chi connectivity index (χ1) is 8.36. The highest BCUT2D eigenvalue weighted by Crippen LogP contribution is 2.01. The maximum Gasteiger partial charge on any atom is 0.234 e. The van der Waals surface area contributed by atoms with Gasteiger partial charge in [0, 0.05) is 25.0 Å². The number of hydrogen-bond donors (Lipinski definition) is 2. The minimum Gasteiger partial charge on any atom is -0.393 e. The highest BCUT2D eigenvalue weighted by atomic mass is 32.1. The van der Waals surface area contributed by atoms with Crippen molar-refractivity contribution in [2.45, 2.75) is 59.0 Å². The molecule has 18 heavy (non-hydrogen) atoms. The van der Waals surface area contributed by atoms with E-state index >= 15 is 0 Å². The summed E-state index contributed by atoms with van der Waals surface area (Å²) in [6.07, 6.45) is 2.75. The van der Waals surface area contributed by atoms with Crippen molar-refractivity contribution in [2.24, 2.45) is 5.73 Å². The fraction of sp³-hybridized carbons (Fsp3) is 0.846. The van der Waals surface area contributed by atoms with E-state index in [0.717, 1.165) is 19.4 Å². The predicted molar refractivity (Wildman–Crippen MR) is 80.6 cm³/mol. The van der Waals surface area contributed by atoms with E-state index < -0.39 is 0 Å². The first-order valence-electron chi connectivity index (χ1n) is 6.68. The average molecular weight is 273 g/mol. The van der Waals surface area contributed by atoms with Crippen LogP contribution < -0.4 is 11.1 Å². The molecule has 0 aliphatic heterocycles. The molecule has 0 aliphatic rings. The van der Waals surface area contributed by atoms with E-state index in [9.17, 15) is 4.79 Å². The molecule has 0 spiro atoms. The Bertz CT molecular complexity index is 269. The van der Waals surface area contributed by atoms with Crippen LogP contribution in [-0.2, 0) is 4.79 Å². The molecule has 1 atom stereocenters. The summed E-state index contributed by atoms with van der Waals surface area (Å²) in [6, 6.07) is 0.554.